The van der Waals surface area contributed by atoms with Gasteiger partial charge < -0.3 is 10.1 Å². The van der Waals surface area contributed by atoms with E-state index in [1.807, 2.05) is 19.1 Å². The first-order chi connectivity index (χ1) is 14.2. The van der Waals surface area contributed by atoms with Crippen molar-refractivity contribution >= 4 is 23.4 Å². The largest absolute Gasteiger partial charge is 0.490 e. The SMILES string of the molecule is Cc1ccc(-c2cc(NC[C@H](OC(=O)C(F)(F)F)c3ccccc3)ncn2)cc1Cl. The zero-order valence-electron chi connectivity index (χ0n) is 15.8. The van der Waals surface area contributed by atoms with Crippen LogP contribution in [0.5, 0.6) is 0 Å². The van der Waals surface area contributed by atoms with Crippen LogP contribution in [0.1, 0.15) is 17.2 Å². The fourth-order valence-electron chi connectivity index (χ4n) is 2.65. The summed E-state index contributed by atoms with van der Waals surface area (Å²) < 4.78 is 42.7. The van der Waals surface area contributed by atoms with Crippen molar-refractivity contribution in [2.45, 2.75) is 19.2 Å². The number of alkyl halides is 3. The van der Waals surface area contributed by atoms with Crippen LogP contribution >= 0.6 is 11.6 Å². The van der Waals surface area contributed by atoms with Crippen LogP contribution in [0.3, 0.4) is 0 Å². The maximum atomic E-state index is 12.7. The molecule has 2 aromatic carbocycles. The number of carbonyl (C=O) groups is 1. The van der Waals surface area contributed by atoms with Crippen molar-refractivity contribution in [3.8, 4) is 11.3 Å². The highest BCUT2D eigenvalue weighted by Crippen LogP contribution is 2.26. The maximum absolute atomic E-state index is 12.7. The summed E-state index contributed by atoms with van der Waals surface area (Å²) in [5, 5.41) is 3.49. The van der Waals surface area contributed by atoms with E-state index in [1.54, 1.807) is 42.5 Å². The van der Waals surface area contributed by atoms with E-state index in [0.717, 1.165) is 11.1 Å². The van der Waals surface area contributed by atoms with E-state index in [0.29, 0.717) is 22.1 Å². The Morgan fingerprint density at radius 1 is 1.13 bits per heavy atom. The minimum absolute atomic E-state index is 0.114. The Bertz CT molecular complexity index is 1030. The van der Waals surface area contributed by atoms with Crippen LogP contribution in [0.15, 0.2) is 60.9 Å². The Morgan fingerprint density at radius 3 is 2.53 bits per heavy atom. The van der Waals surface area contributed by atoms with Crippen molar-refractivity contribution < 1.29 is 22.7 Å². The number of nitrogens with zero attached hydrogens (tertiary/aromatic N) is 2. The Morgan fingerprint density at radius 2 is 1.87 bits per heavy atom. The molecule has 0 aliphatic rings. The van der Waals surface area contributed by atoms with E-state index >= 15 is 0 Å². The van der Waals surface area contributed by atoms with Gasteiger partial charge in [-0.05, 0) is 24.1 Å². The molecule has 0 saturated carbocycles. The van der Waals surface area contributed by atoms with Crippen molar-refractivity contribution in [1.82, 2.24) is 9.97 Å². The summed E-state index contributed by atoms with van der Waals surface area (Å²) in [6.45, 7) is 1.77. The highest BCUT2D eigenvalue weighted by Gasteiger charge is 2.42. The molecule has 1 aromatic heterocycles. The third-order valence-electron chi connectivity index (χ3n) is 4.26. The molecular weight excluding hydrogens is 419 g/mol. The lowest BCUT2D eigenvalue weighted by molar-refractivity contribution is -0.204. The Kier molecular flexibility index (Phi) is 6.56. The van der Waals surface area contributed by atoms with Gasteiger partial charge in [-0.15, -0.1) is 0 Å². The third kappa shape index (κ3) is 5.48. The molecule has 0 spiro atoms. The summed E-state index contributed by atoms with van der Waals surface area (Å²) in [5.74, 6) is -1.89. The number of rotatable bonds is 6. The second-order valence-corrected chi connectivity index (χ2v) is 6.84. The zero-order chi connectivity index (χ0) is 21.7. The number of anilines is 1. The van der Waals surface area contributed by atoms with E-state index in [1.165, 1.54) is 6.33 Å². The van der Waals surface area contributed by atoms with Gasteiger partial charge >= 0.3 is 12.1 Å². The van der Waals surface area contributed by atoms with E-state index in [-0.39, 0.29) is 6.54 Å². The molecule has 30 heavy (non-hydrogen) atoms. The monoisotopic (exact) mass is 435 g/mol. The molecule has 9 heteroatoms. The summed E-state index contributed by atoms with van der Waals surface area (Å²) in [4.78, 5) is 19.6. The zero-order valence-corrected chi connectivity index (χ0v) is 16.5. The Labute approximate surface area is 175 Å². The molecule has 0 fully saturated rings. The van der Waals surface area contributed by atoms with Crippen LogP contribution in [0, 0.1) is 6.92 Å². The van der Waals surface area contributed by atoms with Gasteiger partial charge in [-0.2, -0.15) is 13.2 Å². The third-order valence-corrected chi connectivity index (χ3v) is 4.66. The summed E-state index contributed by atoms with van der Waals surface area (Å²) in [7, 11) is 0. The average Bonchev–Trinajstić information content (AvgIpc) is 2.73. The van der Waals surface area contributed by atoms with Gasteiger partial charge in [0.15, 0.2) is 0 Å². The first kappa shape index (κ1) is 21.6. The van der Waals surface area contributed by atoms with Crippen molar-refractivity contribution in [2.24, 2.45) is 0 Å². The fraction of sp³-hybridized carbons (Fsp3) is 0.190. The molecule has 0 radical (unpaired) electrons. The van der Waals surface area contributed by atoms with Crippen molar-refractivity contribution in [2.75, 3.05) is 11.9 Å². The molecule has 0 bridgehead atoms. The van der Waals surface area contributed by atoms with Gasteiger partial charge in [0.25, 0.3) is 0 Å². The lowest BCUT2D eigenvalue weighted by Crippen LogP contribution is -2.29. The predicted octanol–water partition coefficient (Wildman–Crippen LogP) is 5.36. The van der Waals surface area contributed by atoms with Crippen molar-refractivity contribution in [3.63, 3.8) is 0 Å². The lowest BCUT2D eigenvalue weighted by atomic mass is 10.1. The summed E-state index contributed by atoms with van der Waals surface area (Å²) in [6.07, 6.45) is -4.92. The standard InChI is InChI=1S/C21H17ClF3N3O2/c1-13-7-8-15(9-16(13)22)17-10-19(28-12-27-17)26-11-18(14-5-3-2-4-6-14)30-20(29)21(23,24)25/h2-10,12,18H,11H2,1H3,(H,26,27,28)/t18-/m0/s1. The highest BCUT2D eigenvalue weighted by atomic mass is 35.5. The molecule has 0 saturated heterocycles. The minimum atomic E-state index is -5.08. The quantitative estimate of drug-likeness (QED) is 0.528. The van der Waals surface area contributed by atoms with Crippen LogP contribution in [0.2, 0.25) is 5.02 Å². The van der Waals surface area contributed by atoms with E-state index in [2.05, 4.69) is 20.0 Å². The van der Waals surface area contributed by atoms with Gasteiger partial charge in [0.05, 0.1) is 12.2 Å². The highest BCUT2D eigenvalue weighted by molar-refractivity contribution is 6.31. The molecular formula is C21H17ClF3N3O2. The van der Waals surface area contributed by atoms with Gasteiger partial charge in [0.2, 0.25) is 0 Å². The molecule has 0 aliphatic carbocycles. The molecule has 1 atom stereocenters. The number of benzene rings is 2. The lowest BCUT2D eigenvalue weighted by Gasteiger charge is -2.20. The van der Waals surface area contributed by atoms with Gasteiger partial charge in [-0.25, -0.2) is 14.8 Å². The number of ether oxygens (including phenoxy) is 1. The minimum Gasteiger partial charge on any atom is -0.449 e. The number of hydrogen-bond acceptors (Lipinski definition) is 5. The first-order valence-electron chi connectivity index (χ1n) is 8.89. The normalized spacial score (nSPS) is 12.3. The number of carbonyl (C=O) groups excluding carboxylic acids is 1. The van der Waals surface area contributed by atoms with Gasteiger partial charge in [0, 0.05) is 16.7 Å². The topological polar surface area (TPSA) is 64.1 Å². The second-order valence-electron chi connectivity index (χ2n) is 6.44. The van der Waals surface area contributed by atoms with Crippen LogP contribution in [-0.2, 0) is 9.53 Å². The summed E-state index contributed by atoms with van der Waals surface area (Å²) in [6, 6.07) is 15.3. The van der Waals surface area contributed by atoms with Gasteiger partial charge in [0.1, 0.15) is 18.2 Å². The number of aryl methyl sites for hydroxylation is 1. The number of aromatic nitrogens is 2. The molecule has 0 unspecified atom stereocenters. The van der Waals surface area contributed by atoms with Crippen LogP contribution in [-0.4, -0.2) is 28.7 Å². The second kappa shape index (κ2) is 9.13. The summed E-state index contributed by atoms with van der Waals surface area (Å²) >= 11 is 6.16. The smallest absolute Gasteiger partial charge is 0.449 e. The maximum Gasteiger partial charge on any atom is 0.490 e. The molecule has 3 rings (SSSR count). The molecule has 1 heterocycles. The van der Waals surface area contributed by atoms with Crippen molar-refractivity contribution in [1.29, 1.82) is 0 Å². The van der Waals surface area contributed by atoms with Crippen LogP contribution in [0.25, 0.3) is 11.3 Å². The molecule has 156 valence electrons. The van der Waals surface area contributed by atoms with E-state index < -0.39 is 18.2 Å². The number of nitrogens with one attached hydrogen (secondary N) is 1. The molecule has 0 aliphatic heterocycles. The van der Waals surface area contributed by atoms with Crippen LogP contribution < -0.4 is 5.32 Å². The Balaban J connectivity index is 1.78. The van der Waals surface area contributed by atoms with E-state index in [9.17, 15) is 18.0 Å². The first-order valence-corrected chi connectivity index (χ1v) is 9.27. The number of hydrogen-bond donors (Lipinski definition) is 1. The molecule has 5 nitrogen and oxygen atoms in total. The number of esters is 1. The molecule has 3 aromatic rings. The Hall–Kier alpha value is -3.13. The van der Waals surface area contributed by atoms with Gasteiger partial charge in [-0.3, -0.25) is 0 Å². The van der Waals surface area contributed by atoms with Gasteiger partial charge in [-0.1, -0.05) is 54.1 Å². The predicted molar refractivity (Wildman–Crippen MR) is 107 cm³/mol. The molecule has 0 amide bonds. The average molecular weight is 436 g/mol. The molecule has 1 N–H and O–H groups in total. The fourth-order valence-corrected chi connectivity index (χ4v) is 2.83. The van der Waals surface area contributed by atoms with E-state index in [4.69, 9.17) is 11.6 Å². The van der Waals surface area contributed by atoms with Crippen LogP contribution in [0.4, 0.5) is 19.0 Å². The van der Waals surface area contributed by atoms with Crippen molar-refractivity contribution in [3.05, 3.63) is 77.1 Å². The summed E-state index contributed by atoms with van der Waals surface area (Å²) in [5.41, 5.74) is 2.68. The number of halogens is 4.